The van der Waals surface area contributed by atoms with Gasteiger partial charge in [0.1, 0.15) is 5.54 Å². The van der Waals surface area contributed by atoms with E-state index in [1.54, 1.807) is 9.80 Å². The standard InChI is InChI=1S/C21H26F3N3O3/c1-15(28)25-20(9-3-2-4-10-20)19(30)27-13-11-26(12-14-27)18(29)16-5-7-17(8-6-16)21(22,23)24/h5-8H,2-4,9-14H2,1H3,(H,25,28). The van der Waals surface area contributed by atoms with Crippen molar-refractivity contribution in [3.8, 4) is 0 Å². The highest BCUT2D eigenvalue weighted by molar-refractivity contribution is 5.95. The number of piperazine rings is 1. The van der Waals surface area contributed by atoms with Gasteiger partial charge in [0.25, 0.3) is 5.91 Å². The van der Waals surface area contributed by atoms with E-state index in [1.165, 1.54) is 19.1 Å². The minimum atomic E-state index is -4.45. The van der Waals surface area contributed by atoms with Crippen LogP contribution in [0.4, 0.5) is 13.2 Å². The van der Waals surface area contributed by atoms with Crippen molar-refractivity contribution in [3.63, 3.8) is 0 Å². The molecule has 6 nitrogen and oxygen atoms in total. The lowest BCUT2D eigenvalue weighted by atomic mass is 9.80. The Bertz CT molecular complexity index is 794. The Morgan fingerprint density at radius 1 is 0.900 bits per heavy atom. The second kappa shape index (κ2) is 8.65. The third-order valence-electron chi connectivity index (χ3n) is 5.85. The van der Waals surface area contributed by atoms with Crippen molar-refractivity contribution >= 4 is 17.7 Å². The van der Waals surface area contributed by atoms with E-state index in [9.17, 15) is 27.6 Å². The SMILES string of the molecule is CC(=O)NC1(C(=O)N2CCN(C(=O)c3ccc(C(F)(F)F)cc3)CC2)CCCCC1. The summed E-state index contributed by atoms with van der Waals surface area (Å²) in [6, 6.07) is 4.15. The summed E-state index contributed by atoms with van der Waals surface area (Å²) in [7, 11) is 0. The first-order valence-corrected chi connectivity index (χ1v) is 10.2. The molecule has 164 valence electrons. The van der Waals surface area contributed by atoms with E-state index in [1.807, 2.05) is 0 Å². The molecule has 1 aliphatic heterocycles. The number of nitrogens with one attached hydrogen (secondary N) is 1. The van der Waals surface area contributed by atoms with Crippen LogP contribution < -0.4 is 5.32 Å². The predicted octanol–water partition coefficient (Wildman–Crippen LogP) is 2.83. The molecule has 0 bridgehead atoms. The molecule has 0 atom stereocenters. The molecule has 1 aliphatic carbocycles. The van der Waals surface area contributed by atoms with Gasteiger partial charge in [0.05, 0.1) is 5.56 Å². The third kappa shape index (κ3) is 4.76. The summed E-state index contributed by atoms with van der Waals surface area (Å²) < 4.78 is 38.1. The van der Waals surface area contributed by atoms with Crippen LogP contribution in [-0.4, -0.2) is 59.2 Å². The predicted molar refractivity (Wildman–Crippen MR) is 104 cm³/mol. The zero-order chi connectivity index (χ0) is 21.9. The smallest absolute Gasteiger partial charge is 0.342 e. The van der Waals surface area contributed by atoms with E-state index in [2.05, 4.69) is 5.32 Å². The number of carbonyl (C=O) groups excluding carboxylic acids is 3. The molecule has 0 radical (unpaired) electrons. The maximum absolute atomic E-state index is 13.2. The Balaban J connectivity index is 1.63. The van der Waals surface area contributed by atoms with Gasteiger partial charge in [0, 0.05) is 38.7 Å². The van der Waals surface area contributed by atoms with Gasteiger partial charge in [-0.3, -0.25) is 14.4 Å². The highest BCUT2D eigenvalue weighted by Crippen LogP contribution is 2.31. The summed E-state index contributed by atoms with van der Waals surface area (Å²) in [4.78, 5) is 40.7. The first kappa shape index (κ1) is 22.1. The molecule has 1 saturated heterocycles. The summed E-state index contributed by atoms with van der Waals surface area (Å²) in [6.07, 6.45) is -0.455. The van der Waals surface area contributed by atoms with Gasteiger partial charge in [-0.05, 0) is 37.1 Å². The van der Waals surface area contributed by atoms with Crippen molar-refractivity contribution < 1.29 is 27.6 Å². The first-order chi connectivity index (χ1) is 14.1. The number of rotatable bonds is 3. The summed E-state index contributed by atoms with van der Waals surface area (Å²) in [5, 5.41) is 2.87. The van der Waals surface area contributed by atoms with Gasteiger partial charge in [-0.15, -0.1) is 0 Å². The van der Waals surface area contributed by atoms with E-state index in [0.29, 0.717) is 39.0 Å². The number of benzene rings is 1. The number of amides is 3. The molecule has 0 spiro atoms. The number of hydrogen-bond acceptors (Lipinski definition) is 3. The van der Waals surface area contributed by atoms with Gasteiger partial charge < -0.3 is 15.1 Å². The highest BCUT2D eigenvalue weighted by Gasteiger charge is 2.43. The van der Waals surface area contributed by atoms with Crippen molar-refractivity contribution in [1.29, 1.82) is 0 Å². The molecular weight excluding hydrogens is 399 g/mol. The molecule has 2 fully saturated rings. The topological polar surface area (TPSA) is 69.7 Å². The van der Waals surface area contributed by atoms with E-state index in [-0.39, 0.29) is 23.3 Å². The van der Waals surface area contributed by atoms with Crippen LogP contribution in [0.2, 0.25) is 0 Å². The largest absolute Gasteiger partial charge is 0.416 e. The Morgan fingerprint density at radius 3 is 1.93 bits per heavy atom. The number of hydrogen-bond donors (Lipinski definition) is 1. The van der Waals surface area contributed by atoms with E-state index in [0.717, 1.165) is 31.4 Å². The van der Waals surface area contributed by atoms with E-state index in [4.69, 9.17) is 0 Å². The molecule has 0 aromatic heterocycles. The van der Waals surface area contributed by atoms with Gasteiger partial charge in [0.2, 0.25) is 11.8 Å². The van der Waals surface area contributed by atoms with Crippen molar-refractivity contribution in [2.24, 2.45) is 0 Å². The number of alkyl halides is 3. The van der Waals surface area contributed by atoms with Crippen LogP contribution in [0.3, 0.4) is 0 Å². The molecule has 3 amide bonds. The van der Waals surface area contributed by atoms with Crippen LogP contribution in [0.15, 0.2) is 24.3 Å². The average molecular weight is 425 g/mol. The molecule has 1 aromatic carbocycles. The van der Waals surface area contributed by atoms with Crippen molar-refractivity contribution in [2.45, 2.75) is 50.7 Å². The van der Waals surface area contributed by atoms with Crippen molar-refractivity contribution in [1.82, 2.24) is 15.1 Å². The fourth-order valence-electron chi connectivity index (χ4n) is 4.28. The lowest BCUT2D eigenvalue weighted by Gasteiger charge is -2.43. The lowest BCUT2D eigenvalue weighted by molar-refractivity contribution is -0.144. The molecule has 1 N–H and O–H groups in total. The van der Waals surface area contributed by atoms with Crippen LogP contribution in [0.1, 0.15) is 54.9 Å². The molecule has 3 rings (SSSR count). The lowest BCUT2D eigenvalue weighted by Crippen LogP contribution is -2.63. The van der Waals surface area contributed by atoms with Crippen molar-refractivity contribution in [3.05, 3.63) is 35.4 Å². The second-order valence-electron chi connectivity index (χ2n) is 7.98. The summed E-state index contributed by atoms with van der Waals surface area (Å²) in [5.41, 5.74) is -1.49. The Hall–Kier alpha value is -2.58. The van der Waals surface area contributed by atoms with Gasteiger partial charge >= 0.3 is 6.18 Å². The zero-order valence-corrected chi connectivity index (χ0v) is 16.9. The molecular formula is C21H26F3N3O3. The zero-order valence-electron chi connectivity index (χ0n) is 16.9. The molecule has 1 aromatic rings. The summed E-state index contributed by atoms with van der Waals surface area (Å²) in [5.74, 6) is -0.703. The Morgan fingerprint density at radius 2 is 1.43 bits per heavy atom. The fourth-order valence-corrected chi connectivity index (χ4v) is 4.28. The number of nitrogens with zero attached hydrogens (tertiary/aromatic N) is 2. The number of carbonyl (C=O) groups is 3. The van der Waals surface area contributed by atoms with Crippen molar-refractivity contribution in [2.75, 3.05) is 26.2 Å². The van der Waals surface area contributed by atoms with E-state index >= 15 is 0 Å². The quantitative estimate of drug-likeness (QED) is 0.810. The van der Waals surface area contributed by atoms with Crippen LogP contribution in [0, 0.1) is 0 Å². The van der Waals surface area contributed by atoms with Gasteiger partial charge in [-0.1, -0.05) is 19.3 Å². The molecule has 2 aliphatic rings. The normalized spacial score (nSPS) is 19.3. The van der Waals surface area contributed by atoms with Gasteiger partial charge in [-0.2, -0.15) is 13.2 Å². The van der Waals surface area contributed by atoms with Crippen LogP contribution in [0.5, 0.6) is 0 Å². The fraction of sp³-hybridized carbons (Fsp3) is 0.571. The van der Waals surface area contributed by atoms with E-state index < -0.39 is 17.3 Å². The molecule has 30 heavy (non-hydrogen) atoms. The van der Waals surface area contributed by atoms with Gasteiger partial charge in [-0.25, -0.2) is 0 Å². The highest BCUT2D eigenvalue weighted by atomic mass is 19.4. The Labute approximate surface area is 173 Å². The third-order valence-corrected chi connectivity index (χ3v) is 5.85. The minimum absolute atomic E-state index is 0.112. The van der Waals surface area contributed by atoms with Crippen LogP contribution in [0.25, 0.3) is 0 Å². The Kier molecular flexibility index (Phi) is 6.38. The second-order valence-corrected chi connectivity index (χ2v) is 7.98. The minimum Gasteiger partial charge on any atom is -0.342 e. The molecule has 1 heterocycles. The maximum Gasteiger partial charge on any atom is 0.416 e. The first-order valence-electron chi connectivity index (χ1n) is 10.2. The molecule has 9 heteroatoms. The summed E-state index contributed by atoms with van der Waals surface area (Å²) >= 11 is 0. The van der Waals surface area contributed by atoms with Gasteiger partial charge in [0.15, 0.2) is 0 Å². The molecule has 1 saturated carbocycles. The number of halogens is 3. The molecule has 0 unspecified atom stereocenters. The monoisotopic (exact) mass is 425 g/mol. The van der Waals surface area contributed by atoms with Crippen LogP contribution >= 0.6 is 0 Å². The average Bonchev–Trinajstić information content (AvgIpc) is 2.72. The summed E-state index contributed by atoms with van der Waals surface area (Å²) in [6.45, 7) is 2.65. The van der Waals surface area contributed by atoms with Crippen LogP contribution in [-0.2, 0) is 15.8 Å². The maximum atomic E-state index is 13.2.